The van der Waals surface area contributed by atoms with Crippen molar-refractivity contribution in [3.8, 4) is 0 Å². The molecule has 0 spiro atoms. The Balaban J connectivity index is 0.000000758. The van der Waals surface area contributed by atoms with Crippen molar-refractivity contribution in [2.45, 2.75) is 20.0 Å². The lowest BCUT2D eigenvalue weighted by Crippen LogP contribution is -2.40. The minimum absolute atomic E-state index is 0.0106. The summed E-state index contributed by atoms with van der Waals surface area (Å²) in [5.74, 6) is 0.754. The van der Waals surface area contributed by atoms with E-state index in [4.69, 9.17) is 14.6 Å². The first-order valence-electron chi connectivity index (χ1n) is 8.33. The monoisotopic (exact) mass is 361 g/mol. The zero-order valence-electron chi connectivity index (χ0n) is 14.7. The van der Waals surface area contributed by atoms with Gasteiger partial charge in [-0.2, -0.15) is 0 Å². The quantitative estimate of drug-likeness (QED) is 0.767. The second-order valence-electron chi connectivity index (χ2n) is 5.47. The van der Waals surface area contributed by atoms with Crippen LogP contribution in [0.3, 0.4) is 0 Å². The molecule has 1 aliphatic rings. The maximum atomic E-state index is 12.3. The summed E-state index contributed by atoms with van der Waals surface area (Å²) in [7, 11) is 0. The molecule has 3 rings (SSSR count). The number of aromatic nitrogens is 3. The van der Waals surface area contributed by atoms with Crippen molar-refractivity contribution in [1.29, 1.82) is 0 Å². The second kappa shape index (κ2) is 10.1. The molecule has 0 aromatic carbocycles. The molecule has 0 unspecified atom stereocenters. The fourth-order valence-electron chi connectivity index (χ4n) is 2.54. The largest absolute Gasteiger partial charge is 0.483 e. The third-order valence-electron chi connectivity index (χ3n) is 3.90. The highest BCUT2D eigenvalue weighted by atomic mass is 16.5. The van der Waals surface area contributed by atoms with E-state index in [2.05, 4.69) is 26.8 Å². The molecule has 0 radical (unpaired) electrons. The van der Waals surface area contributed by atoms with E-state index in [9.17, 15) is 4.79 Å². The number of carbonyl (C=O) groups is 2. The molecular weight excluding hydrogens is 338 g/mol. The first-order chi connectivity index (χ1) is 12.7. The molecule has 2 N–H and O–H groups in total. The van der Waals surface area contributed by atoms with Gasteiger partial charge >= 0.3 is 0 Å². The molecular formula is C17H23N5O4. The zero-order chi connectivity index (χ0) is 18.8. The van der Waals surface area contributed by atoms with Gasteiger partial charge in [-0.15, -0.1) is 0 Å². The summed E-state index contributed by atoms with van der Waals surface area (Å²) in [4.78, 5) is 31.0. The number of nitrogens with zero attached hydrogens (tertiary/aromatic N) is 4. The Kier molecular flexibility index (Phi) is 7.56. The summed E-state index contributed by atoms with van der Waals surface area (Å²) in [6.07, 6.45) is 5.28. The SMILES string of the molecule is CCn1cncc1CNc1ccc(C(=O)N2CCOCC2)cn1.O=CO. The van der Waals surface area contributed by atoms with Gasteiger partial charge in [-0.1, -0.05) is 0 Å². The number of anilines is 1. The minimum atomic E-state index is -0.250. The summed E-state index contributed by atoms with van der Waals surface area (Å²) in [6.45, 7) is 5.85. The molecule has 9 nitrogen and oxygen atoms in total. The van der Waals surface area contributed by atoms with Crippen LogP contribution in [0.4, 0.5) is 5.82 Å². The number of carbonyl (C=O) groups excluding carboxylic acids is 1. The van der Waals surface area contributed by atoms with Crippen LogP contribution in [0.1, 0.15) is 23.0 Å². The molecule has 1 amide bonds. The smallest absolute Gasteiger partial charge is 0.290 e. The average Bonchev–Trinajstić information content (AvgIpc) is 3.15. The normalized spacial score (nSPS) is 13.5. The number of hydrogen-bond donors (Lipinski definition) is 2. The van der Waals surface area contributed by atoms with E-state index in [1.807, 2.05) is 24.7 Å². The van der Waals surface area contributed by atoms with Crippen molar-refractivity contribution in [3.63, 3.8) is 0 Å². The van der Waals surface area contributed by atoms with Gasteiger partial charge in [-0.25, -0.2) is 9.97 Å². The van der Waals surface area contributed by atoms with Gasteiger partial charge < -0.3 is 24.6 Å². The molecule has 0 atom stereocenters. The van der Waals surface area contributed by atoms with Crippen LogP contribution in [-0.4, -0.2) is 63.2 Å². The number of hydrogen-bond acceptors (Lipinski definition) is 6. The van der Waals surface area contributed by atoms with E-state index in [1.54, 1.807) is 11.1 Å². The summed E-state index contributed by atoms with van der Waals surface area (Å²) in [5, 5.41) is 10.1. The number of aryl methyl sites for hydroxylation is 1. The molecule has 0 bridgehead atoms. The van der Waals surface area contributed by atoms with Crippen LogP contribution in [0.15, 0.2) is 30.9 Å². The Morgan fingerprint density at radius 2 is 2.08 bits per heavy atom. The van der Waals surface area contributed by atoms with Gasteiger partial charge in [-0.05, 0) is 19.1 Å². The van der Waals surface area contributed by atoms with Crippen LogP contribution in [0.25, 0.3) is 0 Å². The number of nitrogens with one attached hydrogen (secondary N) is 1. The molecule has 2 aromatic heterocycles. The van der Waals surface area contributed by atoms with Crippen LogP contribution in [-0.2, 0) is 22.6 Å². The Hall–Kier alpha value is -2.94. The molecule has 1 fully saturated rings. The molecule has 1 aliphatic heterocycles. The molecule has 0 saturated carbocycles. The highest BCUT2D eigenvalue weighted by Crippen LogP contribution is 2.11. The molecule has 140 valence electrons. The lowest BCUT2D eigenvalue weighted by molar-refractivity contribution is -0.122. The van der Waals surface area contributed by atoms with Gasteiger partial charge in [0.15, 0.2) is 0 Å². The predicted octanol–water partition coefficient (Wildman–Crippen LogP) is 1.08. The van der Waals surface area contributed by atoms with E-state index in [0.717, 1.165) is 18.1 Å². The Bertz CT molecular complexity index is 695. The minimum Gasteiger partial charge on any atom is -0.483 e. The van der Waals surface area contributed by atoms with Crippen molar-refractivity contribution < 1.29 is 19.4 Å². The maximum Gasteiger partial charge on any atom is 0.290 e. The summed E-state index contributed by atoms with van der Waals surface area (Å²) in [5.41, 5.74) is 1.71. The van der Waals surface area contributed by atoms with Gasteiger partial charge in [0.05, 0.1) is 37.3 Å². The summed E-state index contributed by atoms with van der Waals surface area (Å²) < 4.78 is 7.34. The zero-order valence-corrected chi connectivity index (χ0v) is 14.7. The fourth-order valence-corrected chi connectivity index (χ4v) is 2.54. The van der Waals surface area contributed by atoms with E-state index < -0.39 is 0 Å². The number of amides is 1. The van der Waals surface area contributed by atoms with Gasteiger partial charge in [-0.3, -0.25) is 9.59 Å². The Morgan fingerprint density at radius 1 is 1.35 bits per heavy atom. The maximum absolute atomic E-state index is 12.3. The van der Waals surface area contributed by atoms with Crippen LogP contribution in [0, 0.1) is 0 Å². The van der Waals surface area contributed by atoms with Gasteiger partial charge in [0.25, 0.3) is 12.4 Å². The number of imidazole rings is 1. The predicted molar refractivity (Wildman–Crippen MR) is 94.9 cm³/mol. The van der Waals surface area contributed by atoms with Crippen molar-refractivity contribution >= 4 is 18.2 Å². The standard InChI is InChI=1S/C16H21N5O2.CH2O2/c1-2-20-12-17-10-14(20)11-19-15-4-3-13(9-18-15)16(22)21-5-7-23-8-6-21;2-1-3/h3-4,9-10,12H,2,5-8,11H2,1H3,(H,18,19);1H,(H,2,3). The van der Waals surface area contributed by atoms with Crippen molar-refractivity contribution in [2.75, 3.05) is 31.6 Å². The van der Waals surface area contributed by atoms with E-state index >= 15 is 0 Å². The Morgan fingerprint density at radius 3 is 2.69 bits per heavy atom. The van der Waals surface area contributed by atoms with Gasteiger partial charge in [0.2, 0.25) is 0 Å². The molecule has 0 aliphatic carbocycles. The van der Waals surface area contributed by atoms with E-state index in [-0.39, 0.29) is 12.4 Å². The third kappa shape index (κ3) is 5.28. The van der Waals surface area contributed by atoms with Crippen LogP contribution in [0.5, 0.6) is 0 Å². The molecule has 3 heterocycles. The first kappa shape index (κ1) is 19.4. The average molecular weight is 361 g/mol. The number of pyridine rings is 1. The van der Waals surface area contributed by atoms with Crippen LogP contribution in [0.2, 0.25) is 0 Å². The summed E-state index contributed by atoms with van der Waals surface area (Å²) in [6, 6.07) is 3.64. The van der Waals surface area contributed by atoms with Gasteiger partial charge in [0, 0.05) is 32.0 Å². The van der Waals surface area contributed by atoms with E-state index in [1.165, 1.54) is 0 Å². The highest BCUT2D eigenvalue weighted by molar-refractivity contribution is 5.94. The topological polar surface area (TPSA) is 110 Å². The fraction of sp³-hybridized carbons (Fsp3) is 0.412. The summed E-state index contributed by atoms with van der Waals surface area (Å²) >= 11 is 0. The number of ether oxygens (including phenoxy) is 1. The lowest BCUT2D eigenvalue weighted by atomic mass is 10.2. The second-order valence-corrected chi connectivity index (χ2v) is 5.47. The van der Waals surface area contributed by atoms with Crippen molar-refractivity contribution in [2.24, 2.45) is 0 Å². The number of morpholine rings is 1. The third-order valence-corrected chi connectivity index (χ3v) is 3.90. The number of rotatable bonds is 5. The van der Waals surface area contributed by atoms with E-state index in [0.29, 0.717) is 38.4 Å². The Labute approximate surface area is 151 Å². The lowest BCUT2D eigenvalue weighted by Gasteiger charge is -2.26. The highest BCUT2D eigenvalue weighted by Gasteiger charge is 2.18. The molecule has 1 saturated heterocycles. The van der Waals surface area contributed by atoms with Crippen LogP contribution >= 0.6 is 0 Å². The molecule has 26 heavy (non-hydrogen) atoms. The molecule has 9 heteroatoms. The first-order valence-corrected chi connectivity index (χ1v) is 8.33. The van der Waals surface area contributed by atoms with Crippen LogP contribution < -0.4 is 5.32 Å². The van der Waals surface area contributed by atoms with Crippen molar-refractivity contribution in [3.05, 3.63) is 42.1 Å². The number of carboxylic acid groups (broad SMARTS) is 1. The molecule has 2 aromatic rings. The van der Waals surface area contributed by atoms with Crippen molar-refractivity contribution in [1.82, 2.24) is 19.4 Å². The van der Waals surface area contributed by atoms with Gasteiger partial charge in [0.1, 0.15) is 5.82 Å².